The van der Waals surface area contributed by atoms with Gasteiger partial charge in [0, 0.05) is 6.07 Å². The number of rotatable bonds is 4. The first-order valence-corrected chi connectivity index (χ1v) is 7.15. The molecule has 0 atom stereocenters. The minimum absolute atomic E-state index is 0.184. The van der Waals surface area contributed by atoms with Crippen LogP contribution in [-0.4, -0.2) is 15.5 Å². The second-order valence-electron chi connectivity index (χ2n) is 4.06. The molecule has 2 rings (SSSR count). The van der Waals surface area contributed by atoms with E-state index in [9.17, 15) is 8.42 Å². The maximum atomic E-state index is 12.1. The number of benzene rings is 1. The SMILES string of the molecule is COc1ccc(S(=O)(=O)Nc2cc(C)cc[nH+]2)cc1. The molecule has 0 aliphatic rings. The van der Waals surface area contributed by atoms with Crippen LogP contribution in [0.1, 0.15) is 5.56 Å². The Kier molecular flexibility index (Phi) is 3.71. The number of aromatic nitrogens is 1. The summed E-state index contributed by atoms with van der Waals surface area (Å²) in [5.74, 6) is 1.04. The Morgan fingerprint density at radius 2 is 1.84 bits per heavy atom. The van der Waals surface area contributed by atoms with Crippen LogP contribution in [0.4, 0.5) is 5.82 Å². The number of sulfonamides is 1. The van der Waals surface area contributed by atoms with Crippen LogP contribution in [0.5, 0.6) is 5.75 Å². The third kappa shape index (κ3) is 3.23. The van der Waals surface area contributed by atoms with Crippen molar-refractivity contribution < 1.29 is 18.1 Å². The zero-order valence-electron chi connectivity index (χ0n) is 10.7. The minimum Gasteiger partial charge on any atom is -0.497 e. The van der Waals surface area contributed by atoms with Crippen LogP contribution in [0.2, 0.25) is 0 Å². The number of anilines is 1. The summed E-state index contributed by atoms with van der Waals surface area (Å²) in [6.45, 7) is 1.89. The first-order valence-electron chi connectivity index (χ1n) is 5.66. The molecule has 0 fully saturated rings. The number of nitrogens with one attached hydrogen (secondary N) is 2. The van der Waals surface area contributed by atoms with Crippen LogP contribution in [0.15, 0.2) is 47.5 Å². The van der Waals surface area contributed by atoms with Crippen LogP contribution in [0.25, 0.3) is 0 Å². The molecule has 0 radical (unpaired) electrons. The fourth-order valence-electron chi connectivity index (χ4n) is 1.60. The van der Waals surface area contributed by atoms with E-state index in [0.29, 0.717) is 11.6 Å². The van der Waals surface area contributed by atoms with Crippen LogP contribution in [0, 0.1) is 6.92 Å². The van der Waals surface area contributed by atoms with E-state index in [1.165, 1.54) is 19.2 Å². The molecule has 2 aromatic rings. The lowest BCUT2D eigenvalue weighted by Gasteiger charge is -2.03. The highest BCUT2D eigenvalue weighted by molar-refractivity contribution is 7.92. The summed E-state index contributed by atoms with van der Waals surface area (Å²) in [5.41, 5.74) is 0.964. The standard InChI is InChI=1S/C13H14N2O3S/c1-10-7-8-14-13(9-10)15-19(16,17)12-5-3-11(18-2)4-6-12/h3-9H,1-2H3,(H,14,15)/p+1. The number of H-pyrrole nitrogens is 1. The molecule has 100 valence electrons. The van der Waals surface area contributed by atoms with Gasteiger partial charge in [0.25, 0.3) is 5.82 Å². The Morgan fingerprint density at radius 3 is 2.42 bits per heavy atom. The number of methoxy groups -OCH3 is 1. The Balaban J connectivity index is 2.27. The first-order chi connectivity index (χ1) is 9.01. The lowest BCUT2D eigenvalue weighted by Crippen LogP contribution is -2.19. The van der Waals surface area contributed by atoms with Gasteiger partial charge in [-0.05, 0) is 42.8 Å². The van der Waals surface area contributed by atoms with E-state index >= 15 is 0 Å². The topological polar surface area (TPSA) is 69.5 Å². The van der Waals surface area contributed by atoms with Crippen LogP contribution in [-0.2, 0) is 10.0 Å². The fourth-order valence-corrected chi connectivity index (χ4v) is 2.62. The molecule has 1 aromatic carbocycles. The van der Waals surface area contributed by atoms with Crippen LogP contribution < -0.4 is 14.4 Å². The molecule has 1 aromatic heterocycles. The van der Waals surface area contributed by atoms with E-state index in [-0.39, 0.29) is 4.90 Å². The van der Waals surface area contributed by atoms with E-state index in [1.807, 2.05) is 13.0 Å². The molecule has 0 aliphatic carbocycles. The van der Waals surface area contributed by atoms with Crippen molar-refractivity contribution in [2.75, 3.05) is 11.8 Å². The van der Waals surface area contributed by atoms with Gasteiger partial charge in [0.05, 0.1) is 13.3 Å². The van der Waals surface area contributed by atoms with Crippen molar-refractivity contribution in [3.63, 3.8) is 0 Å². The zero-order valence-corrected chi connectivity index (χ0v) is 11.5. The summed E-state index contributed by atoms with van der Waals surface area (Å²) in [6.07, 6.45) is 1.68. The third-order valence-electron chi connectivity index (χ3n) is 2.57. The first kappa shape index (κ1) is 13.4. The number of hydrogen-bond donors (Lipinski definition) is 1. The predicted molar refractivity (Wildman–Crippen MR) is 71.5 cm³/mol. The van der Waals surface area contributed by atoms with Gasteiger partial charge in [0.1, 0.15) is 10.6 Å². The lowest BCUT2D eigenvalue weighted by atomic mass is 10.3. The van der Waals surface area contributed by atoms with E-state index in [4.69, 9.17) is 4.74 Å². The summed E-state index contributed by atoms with van der Waals surface area (Å²) in [6, 6.07) is 9.78. The Hall–Kier alpha value is -2.08. The molecule has 1 heterocycles. The number of hydrogen-bond acceptors (Lipinski definition) is 3. The van der Waals surface area contributed by atoms with Gasteiger partial charge in [-0.25, -0.2) is 4.98 Å². The van der Waals surface area contributed by atoms with E-state index in [1.54, 1.807) is 24.4 Å². The van der Waals surface area contributed by atoms with Crippen molar-refractivity contribution in [3.05, 3.63) is 48.2 Å². The second kappa shape index (κ2) is 5.27. The molecule has 0 aliphatic heterocycles. The van der Waals surface area contributed by atoms with Crippen LogP contribution in [0.3, 0.4) is 0 Å². The van der Waals surface area contributed by atoms with Gasteiger partial charge in [-0.15, -0.1) is 0 Å². The number of aromatic amines is 1. The van der Waals surface area contributed by atoms with Crippen molar-refractivity contribution in [3.8, 4) is 5.75 Å². The molecular weight excluding hydrogens is 264 g/mol. The summed E-state index contributed by atoms with van der Waals surface area (Å²) >= 11 is 0. The molecule has 5 nitrogen and oxygen atoms in total. The zero-order chi connectivity index (χ0) is 13.9. The number of pyridine rings is 1. The summed E-state index contributed by atoms with van der Waals surface area (Å²) < 4.78 is 31.8. The molecule has 0 saturated carbocycles. The number of aryl methyl sites for hydroxylation is 1. The van der Waals surface area contributed by atoms with Gasteiger partial charge in [-0.2, -0.15) is 13.1 Å². The van der Waals surface area contributed by atoms with E-state index < -0.39 is 10.0 Å². The highest BCUT2D eigenvalue weighted by Crippen LogP contribution is 2.17. The van der Waals surface area contributed by atoms with Gasteiger partial charge in [0.15, 0.2) is 0 Å². The van der Waals surface area contributed by atoms with Crippen molar-refractivity contribution >= 4 is 15.8 Å². The average Bonchev–Trinajstić information content (AvgIpc) is 2.38. The van der Waals surface area contributed by atoms with Crippen molar-refractivity contribution in [2.45, 2.75) is 11.8 Å². The summed E-state index contributed by atoms with van der Waals surface area (Å²) in [5, 5.41) is 0. The average molecular weight is 279 g/mol. The highest BCUT2D eigenvalue weighted by Gasteiger charge is 2.20. The molecule has 19 heavy (non-hydrogen) atoms. The van der Waals surface area contributed by atoms with Gasteiger partial charge in [0.2, 0.25) is 0 Å². The molecular formula is C13H15N2O3S+. The lowest BCUT2D eigenvalue weighted by molar-refractivity contribution is -0.360. The molecule has 2 N–H and O–H groups in total. The largest absolute Gasteiger partial charge is 0.497 e. The Bertz CT molecular complexity index is 667. The van der Waals surface area contributed by atoms with Crippen molar-refractivity contribution in [1.29, 1.82) is 0 Å². The van der Waals surface area contributed by atoms with Gasteiger partial charge < -0.3 is 4.74 Å². The monoisotopic (exact) mass is 279 g/mol. The number of ether oxygens (including phenoxy) is 1. The van der Waals surface area contributed by atoms with Gasteiger partial charge in [-0.3, -0.25) is 0 Å². The summed E-state index contributed by atoms with van der Waals surface area (Å²) in [4.78, 5) is 3.03. The smallest absolute Gasteiger partial charge is 0.328 e. The van der Waals surface area contributed by atoms with Gasteiger partial charge in [-0.1, -0.05) is 0 Å². The molecule has 0 saturated heterocycles. The maximum Gasteiger partial charge on any atom is 0.328 e. The molecule has 0 amide bonds. The molecule has 0 bridgehead atoms. The van der Waals surface area contributed by atoms with Gasteiger partial charge >= 0.3 is 10.0 Å². The highest BCUT2D eigenvalue weighted by atomic mass is 32.2. The van der Waals surface area contributed by atoms with E-state index in [2.05, 4.69) is 9.71 Å². The molecule has 6 heteroatoms. The van der Waals surface area contributed by atoms with Crippen molar-refractivity contribution in [2.24, 2.45) is 0 Å². The summed E-state index contributed by atoms with van der Waals surface area (Å²) in [7, 11) is -2.06. The van der Waals surface area contributed by atoms with Crippen LogP contribution >= 0.6 is 0 Å². The Morgan fingerprint density at radius 1 is 1.16 bits per heavy atom. The third-order valence-corrected chi connectivity index (χ3v) is 3.95. The fraction of sp³-hybridized carbons (Fsp3) is 0.154. The minimum atomic E-state index is -3.59. The molecule has 0 spiro atoms. The quantitative estimate of drug-likeness (QED) is 0.924. The maximum absolute atomic E-state index is 12.1. The van der Waals surface area contributed by atoms with Crippen molar-refractivity contribution in [1.82, 2.24) is 0 Å². The Labute approximate surface area is 112 Å². The molecule has 0 unspecified atom stereocenters. The predicted octanol–water partition coefficient (Wildman–Crippen LogP) is 1.62. The van der Waals surface area contributed by atoms with E-state index in [0.717, 1.165) is 5.56 Å². The normalized spacial score (nSPS) is 11.1. The second-order valence-corrected chi connectivity index (χ2v) is 5.74.